The summed E-state index contributed by atoms with van der Waals surface area (Å²) >= 11 is 1.34. The lowest BCUT2D eigenvalue weighted by Crippen LogP contribution is -2.71. The quantitative estimate of drug-likeness (QED) is 0.209. The number of amides is 1. The highest BCUT2D eigenvalue weighted by Gasteiger charge is 2.63. The molecule has 2 saturated heterocycles. The highest BCUT2D eigenvalue weighted by Crippen LogP contribution is 2.65. The van der Waals surface area contributed by atoms with Crippen molar-refractivity contribution < 1.29 is 62.9 Å². The van der Waals surface area contributed by atoms with E-state index in [2.05, 4.69) is 5.32 Å². The summed E-state index contributed by atoms with van der Waals surface area (Å²) in [5, 5.41) is 38.6. The largest absolute Gasteiger partial charge is 0.504 e. The second kappa shape index (κ2) is 14.2. The zero-order valence-corrected chi connectivity index (χ0v) is 35.5. The van der Waals surface area contributed by atoms with E-state index in [0.29, 0.717) is 57.8 Å². The van der Waals surface area contributed by atoms with Crippen molar-refractivity contribution in [2.24, 2.45) is 0 Å². The number of rotatable bonds is 3. The van der Waals surface area contributed by atoms with Crippen LogP contribution in [0.4, 0.5) is 4.79 Å². The lowest BCUT2D eigenvalue weighted by atomic mass is 9.73. The lowest BCUT2D eigenvalue weighted by molar-refractivity contribution is -0.186. The van der Waals surface area contributed by atoms with Gasteiger partial charge >= 0.3 is 18.0 Å². The highest BCUT2D eigenvalue weighted by molar-refractivity contribution is 7.99. The molecular weight excluding hydrogens is 799 g/mol. The summed E-state index contributed by atoms with van der Waals surface area (Å²) in [5.41, 5.74) is 2.27. The molecule has 16 nitrogen and oxygen atoms in total. The highest BCUT2D eigenvalue weighted by atomic mass is 32.2. The summed E-state index contributed by atoms with van der Waals surface area (Å²) in [4.78, 5) is 46.0. The number of hydrogen-bond donors (Lipinski definition) is 4. The van der Waals surface area contributed by atoms with Gasteiger partial charge in [0.25, 0.3) is 0 Å². The number of benzene rings is 3. The molecule has 0 saturated carbocycles. The topological polar surface area (TPSA) is 195 Å². The van der Waals surface area contributed by atoms with Gasteiger partial charge < -0.3 is 48.5 Å². The second-order valence-electron chi connectivity index (χ2n) is 17.2. The minimum Gasteiger partial charge on any atom is -0.504 e. The van der Waals surface area contributed by atoms with Crippen LogP contribution in [0.5, 0.6) is 40.2 Å². The molecule has 4 unspecified atom stereocenters. The van der Waals surface area contributed by atoms with Crippen molar-refractivity contribution >= 4 is 29.8 Å². The van der Waals surface area contributed by atoms with E-state index in [1.807, 2.05) is 17.9 Å². The molecule has 3 aromatic rings. The van der Waals surface area contributed by atoms with Crippen LogP contribution in [-0.4, -0.2) is 107 Å². The first-order valence-corrected chi connectivity index (χ1v) is 21.0. The third-order valence-electron chi connectivity index (χ3n) is 12.6. The Hall–Kier alpha value is -5.10. The van der Waals surface area contributed by atoms with Gasteiger partial charge in [0, 0.05) is 41.5 Å². The number of phenolic OH excluding ortho intramolecular Hbond substituents is 2. The zero-order chi connectivity index (χ0) is 42.7. The van der Waals surface area contributed by atoms with E-state index in [0.717, 1.165) is 11.1 Å². The van der Waals surface area contributed by atoms with Crippen LogP contribution in [0.2, 0.25) is 0 Å². The number of hydrogen-bond acceptors (Lipinski definition) is 16. The maximum absolute atomic E-state index is 14.8. The molecule has 7 atom stereocenters. The fourth-order valence-corrected chi connectivity index (χ4v) is 12.0. The Balaban J connectivity index is 1.34. The number of methoxy groups -OCH3 is 2. The van der Waals surface area contributed by atoms with Gasteiger partial charge in [-0.15, -0.1) is 11.8 Å². The van der Waals surface area contributed by atoms with Crippen molar-refractivity contribution in [1.82, 2.24) is 15.1 Å². The van der Waals surface area contributed by atoms with Crippen molar-refractivity contribution in [2.45, 2.75) is 101 Å². The number of fused-ring (bicyclic) bond motifs is 9. The predicted molar refractivity (Wildman–Crippen MR) is 215 cm³/mol. The Kier molecular flexibility index (Phi) is 9.57. The van der Waals surface area contributed by atoms with Crippen LogP contribution in [0.1, 0.15) is 89.5 Å². The molecule has 7 aliphatic rings. The van der Waals surface area contributed by atoms with Gasteiger partial charge in [-0.2, -0.15) is 0 Å². The molecule has 320 valence electrons. The van der Waals surface area contributed by atoms with E-state index in [1.54, 1.807) is 39.8 Å². The van der Waals surface area contributed by atoms with Crippen LogP contribution in [0.3, 0.4) is 0 Å². The Labute approximate surface area is 350 Å². The van der Waals surface area contributed by atoms with Crippen molar-refractivity contribution in [2.75, 3.05) is 39.9 Å². The summed E-state index contributed by atoms with van der Waals surface area (Å²) in [7, 11) is 2.90. The summed E-state index contributed by atoms with van der Waals surface area (Å²) in [6.07, 6.45) is -1.41. The molecule has 7 aliphatic heterocycles. The predicted octanol–water partition coefficient (Wildman–Crippen LogP) is 4.72. The summed E-state index contributed by atoms with van der Waals surface area (Å²) < 4.78 is 42.1. The van der Waals surface area contributed by atoms with Crippen LogP contribution in [0, 0.1) is 13.8 Å². The van der Waals surface area contributed by atoms with Gasteiger partial charge in [0.2, 0.25) is 6.79 Å². The van der Waals surface area contributed by atoms with E-state index in [4.69, 9.17) is 33.2 Å². The minimum absolute atomic E-state index is 0.0214. The van der Waals surface area contributed by atoms with Crippen molar-refractivity contribution in [3.05, 3.63) is 62.7 Å². The number of aromatic hydroxyl groups is 2. The van der Waals surface area contributed by atoms with Crippen molar-refractivity contribution in [1.29, 1.82) is 0 Å². The summed E-state index contributed by atoms with van der Waals surface area (Å²) in [6.45, 7) is 10.1. The maximum Gasteiger partial charge on any atom is 0.411 e. The first-order valence-electron chi connectivity index (χ1n) is 20.0. The standard InChI is InChI=1S/C43H49N3O13S/c1-18-11-22-12-24-39(50)45-25-15-55-40(51)43(23-14-27(53-7)26(48)13-21(23)9-10-44-43)16-60-38(30-29(25)37-36(56-17-57-37)19(2)35(30)58-20(3)47)32(45)31(28(22)33(49)34(18)54-8)46(24)41(52)59-42(4,5)6/h11,13-14,24-25,31-32,38-39,44,48-50H,9-10,12,15-17H2,1-8H3/t24?,25-,31?,32?,38?,39-,43-/m0/s1. The lowest BCUT2D eigenvalue weighted by Gasteiger charge is -2.62. The fourth-order valence-electron chi connectivity index (χ4n) is 10.3. The fraction of sp³-hybridized carbons (Fsp3) is 0.512. The number of thioether (sulfide) groups is 1. The number of carbonyl (C=O) groups excluding carboxylic acids is 3. The molecule has 10 rings (SSSR count). The molecular formula is C43H49N3O13S. The molecule has 17 heteroatoms. The molecule has 4 N–H and O–H groups in total. The molecule has 1 spiro atoms. The molecule has 60 heavy (non-hydrogen) atoms. The molecule has 7 heterocycles. The Morgan fingerprint density at radius 2 is 1.73 bits per heavy atom. The van der Waals surface area contributed by atoms with E-state index < -0.39 is 64.8 Å². The monoisotopic (exact) mass is 847 g/mol. The van der Waals surface area contributed by atoms with Gasteiger partial charge in [0.05, 0.1) is 43.6 Å². The van der Waals surface area contributed by atoms with Crippen LogP contribution in [0.15, 0.2) is 18.2 Å². The number of ether oxygens (including phenoxy) is 7. The van der Waals surface area contributed by atoms with Crippen LogP contribution in [-0.2, 0) is 37.4 Å². The number of carbonyl (C=O) groups is 3. The molecule has 3 aromatic carbocycles. The molecule has 4 bridgehead atoms. The third kappa shape index (κ3) is 5.86. The summed E-state index contributed by atoms with van der Waals surface area (Å²) in [5.74, 6) is -0.0114. The number of aryl methyl sites for hydroxylation is 1. The van der Waals surface area contributed by atoms with E-state index in [9.17, 15) is 29.7 Å². The smallest absolute Gasteiger partial charge is 0.411 e. The van der Waals surface area contributed by atoms with Gasteiger partial charge in [0.1, 0.15) is 24.2 Å². The number of esters is 2. The Morgan fingerprint density at radius 3 is 2.43 bits per heavy atom. The molecule has 0 radical (unpaired) electrons. The molecule has 0 aromatic heterocycles. The van der Waals surface area contributed by atoms with Gasteiger partial charge in [-0.25, -0.2) is 9.59 Å². The first-order chi connectivity index (χ1) is 28.5. The van der Waals surface area contributed by atoms with Gasteiger partial charge in [-0.3, -0.25) is 19.9 Å². The second-order valence-corrected chi connectivity index (χ2v) is 18.3. The van der Waals surface area contributed by atoms with Gasteiger partial charge in [-0.1, -0.05) is 6.07 Å². The van der Waals surface area contributed by atoms with Crippen LogP contribution in [0.25, 0.3) is 0 Å². The molecule has 2 fully saturated rings. The van der Waals surface area contributed by atoms with Crippen molar-refractivity contribution in [3.8, 4) is 40.2 Å². The molecule has 0 aliphatic carbocycles. The number of nitrogens with zero attached hydrogens (tertiary/aromatic N) is 2. The number of phenols is 2. The van der Waals surface area contributed by atoms with Crippen molar-refractivity contribution in [3.63, 3.8) is 0 Å². The number of aliphatic hydroxyl groups excluding tert-OH is 1. The molecule has 1 amide bonds. The number of aliphatic hydroxyl groups is 1. The Bertz CT molecular complexity index is 2350. The summed E-state index contributed by atoms with van der Waals surface area (Å²) in [6, 6.07) is 1.42. The van der Waals surface area contributed by atoms with Gasteiger partial charge in [-0.05, 0) is 81.8 Å². The average molecular weight is 848 g/mol. The maximum atomic E-state index is 14.8. The van der Waals surface area contributed by atoms with E-state index in [-0.39, 0.29) is 54.3 Å². The number of nitrogens with one attached hydrogen (secondary N) is 1. The van der Waals surface area contributed by atoms with Crippen LogP contribution >= 0.6 is 11.8 Å². The SMILES string of the molecule is COc1cc2c(cc1O)CCN[C@@]21CSC2c3c(OC(C)=O)c(C)c4c(c3[C@H](COC1=O)N1C2C2c3c(cc(C)c(OC)c3O)CC([C@@H]1O)N2C(=O)OC(C)(C)C)OCO4. The minimum atomic E-state index is -1.47. The first kappa shape index (κ1) is 40.3. The van der Waals surface area contributed by atoms with E-state index >= 15 is 0 Å². The van der Waals surface area contributed by atoms with Gasteiger partial charge in [0.15, 0.2) is 40.0 Å². The van der Waals surface area contributed by atoms with Crippen LogP contribution < -0.4 is 29.0 Å². The number of piperazine rings is 1. The zero-order valence-electron chi connectivity index (χ0n) is 34.7. The normalized spacial score (nSPS) is 27.6. The van der Waals surface area contributed by atoms with E-state index in [1.165, 1.54) is 37.8 Å². The average Bonchev–Trinajstić information content (AvgIpc) is 3.68. The Morgan fingerprint density at radius 1 is 0.983 bits per heavy atom. The third-order valence-corrected chi connectivity index (χ3v) is 14.0.